The molecule has 1 atom stereocenters. The van der Waals surface area contributed by atoms with E-state index in [1.165, 1.54) is 4.90 Å². The van der Waals surface area contributed by atoms with E-state index in [-0.39, 0.29) is 0 Å². The number of benzene rings is 1. The molecule has 1 aliphatic heterocycles. The molecule has 0 fully saturated rings. The molecule has 0 amide bonds. The quantitative estimate of drug-likeness (QED) is 0.794. The summed E-state index contributed by atoms with van der Waals surface area (Å²) in [5.74, 6) is 0. The largest absolute Gasteiger partial charge is 0.433 e. The highest BCUT2D eigenvalue weighted by Crippen LogP contribution is 2.34. The highest BCUT2D eigenvalue weighted by atomic mass is 19.4. The van der Waals surface area contributed by atoms with Gasteiger partial charge in [0.25, 0.3) is 0 Å². The first-order valence-corrected chi connectivity index (χ1v) is 5.48. The normalized spacial score (nSPS) is 17.8. The predicted molar refractivity (Wildman–Crippen MR) is 59.0 cm³/mol. The molecule has 2 rings (SSSR count). The van der Waals surface area contributed by atoms with Crippen LogP contribution in [0.2, 0.25) is 0 Å². The highest BCUT2D eigenvalue weighted by molar-refractivity contribution is 5.56. The van der Waals surface area contributed by atoms with Gasteiger partial charge in [0, 0.05) is 19.3 Å². The van der Waals surface area contributed by atoms with Gasteiger partial charge in [0.15, 0.2) is 0 Å². The second-order valence-electron chi connectivity index (χ2n) is 4.06. The van der Waals surface area contributed by atoms with E-state index in [1.807, 2.05) is 12.1 Å². The molecule has 0 bridgehead atoms. The number of rotatable bonds is 2. The van der Waals surface area contributed by atoms with Crippen LogP contribution in [0, 0.1) is 0 Å². The van der Waals surface area contributed by atoms with Gasteiger partial charge in [-0.1, -0.05) is 18.2 Å². The van der Waals surface area contributed by atoms with Gasteiger partial charge < -0.3 is 9.64 Å². The van der Waals surface area contributed by atoms with Crippen molar-refractivity contribution in [2.75, 3.05) is 18.6 Å². The van der Waals surface area contributed by atoms with Gasteiger partial charge in [0.05, 0.1) is 0 Å². The first-order valence-electron chi connectivity index (χ1n) is 5.48. The lowest BCUT2D eigenvalue weighted by Gasteiger charge is -2.37. The van der Waals surface area contributed by atoms with E-state index in [0.29, 0.717) is 18.7 Å². The summed E-state index contributed by atoms with van der Waals surface area (Å²) in [7, 11) is 1.09. The number of nitrogens with zero attached hydrogens (tertiary/aromatic N) is 1. The average Bonchev–Trinajstić information content (AvgIpc) is 2.28. The number of anilines is 1. The maximum atomic E-state index is 12.8. The predicted octanol–water partition coefficient (Wildman–Crippen LogP) is 2.97. The zero-order valence-corrected chi connectivity index (χ0v) is 9.50. The fraction of sp³-hybridized carbons (Fsp3) is 0.500. The Kier molecular flexibility index (Phi) is 3.28. The third-order valence-electron chi connectivity index (χ3n) is 2.93. The third kappa shape index (κ3) is 2.39. The Bertz CT molecular complexity index is 392. The maximum Gasteiger partial charge on any atom is 0.433 e. The summed E-state index contributed by atoms with van der Waals surface area (Å²) in [4.78, 5) is 1.29. The van der Waals surface area contributed by atoms with Crippen LogP contribution in [0.3, 0.4) is 0 Å². The molecule has 0 aliphatic carbocycles. The van der Waals surface area contributed by atoms with Crippen molar-refractivity contribution in [1.29, 1.82) is 0 Å². The Morgan fingerprint density at radius 2 is 2.00 bits per heavy atom. The molecule has 1 aromatic rings. The monoisotopic (exact) mass is 245 g/mol. The van der Waals surface area contributed by atoms with Crippen molar-refractivity contribution in [3.8, 4) is 0 Å². The molecule has 1 heterocycles. The Morgan fingerprint density at radius 1 is 1.29 bits per heavy atom. The summed E-state index contributed by atoms with van der Waals surface area (Å²) < 4.78 is 43.1. The first kappa shape index (κ1) is 12.2. The molecular formula is C12H14F3NO. The summed E-state index contributed by atoms with van der Waals surface area (Å²) in [5, 5.41) is 0. The average molecular weight is 245 g/mol. The van der Waals surface area contributed by atoms with Gasteiger partial charge in [-0.2, -0.15) is 13.2 Å². The van der Waals surface area contributed by atoms with E-state index in [2.05, 4.69) is 4.74 Å². The Labute approximate surface area is 98.0 Å². The molecule has 0 saturated heterocycles. The molecule has 0 saturated carbocycles. The number of halogens is 3. The lowest BCUT2D eigenvalue weighted by Crippen LogP contribution is -2.49. The van der Waals surface area contributed by atoms with Gasteiger partial charge in [0.1, 0.15) is 0 Å². The minimum absolute atomic E-state index is 0.370. The van der Waals surface area contributed by atoms with Crippen molar-refractivity contribution >= 4 is 5.69 Å². The zero-order valence-electron chi connectivity index (χ0n) is 9.50. The van der Waals surface area contributed by atoms with Crippen LogP contribution in [0.5, 0.6) is 0 Å². The minimum Gasteiger partial charge on any atom is -0.353 e. The summed E-state index contributed by atoms with van der Waals surface area (Å²) in [6, 6.07) is 7.18. The van der Waals surface area contributed by atoms with Crippen molar-refractivity contribution in [3.63, 3.8) is 0 Å². The molecule has 0 spiro atoms. The summed E-state index contributed by atoms with van der Waals surface area (Å²) in [6.45, 7) is 0.370. The summed E-state index contributed by atoms with van der Waals surface area (Å²) >= 11 is 0. The fourth-order valence-corrected chi connectivity index (χ4v) is 2.24. The van der Waals surface area contributed by atoms with Crippen molar-refractivity contribution < 1.29 is 17.9 Å². The van der Waals surface area contributed by atoms with Crippen LogP contribution in [0.4, 0.5) is 18.9 Å². The van der Waals surface area contributed by atoms with Crippen LogP contribution in [0.1, 0.15) is 12.0 Å². The third-order valence-corrected chi connectivity index (χ3v) is 2.93. The van der Waals surface area contributed by atoms with E-state index in [0.717, 1.165) is 19.1 Å². The van der Waals surface area contributed by atoms with Crippen molar-refractivity contribution in [2.24, 2.45) is 0 Å². The standard InChI is InChI=1S/C12H14F3NO/c1-17-11(12(13,14)15)16-8-4-6-9-5-2-3-7-10(9)16/h2-3,5,7,11H,4,6,8H2,1H3. The molecule has 0 aromatic heterocycles. The summed E-state index contributed by atoms with van der Waals surface area (Å²) in [6.07, 6.45) is -4.70. The zero-order chi connectivity index (χ0) is 12.5. The molecular weight excluding hydrogens is 231 g/mol. The second kappa shape index (κ2) is 4.56. The highest BCUT2D eigenvalue weighted by Gasteiger charge is 2.45. The van der Waals surface area contributed by atoms with Gasteiger partial charge in [0.2, 0.25) is 6.23 Å². The number of hydrogen-bond donors (Lipinski definition) is 0. The molecule has 2 nitrogen and oxygen atoms in total. The van der Waals surface area contributed by atoms with Crippen molar-refractivity contribution in [2.45, 2.75) is 25.2 Å². The molecule has 1 aromatic carbocycles. The van der Waals surface area contributed by atoms with Gasteiger partial charge in [-0.25, -0.2) is 0 Å². The van der Waals surface area contributed by atoms with Gasteiger partial charge in [-0.05, 0) is 24.5 Å². The van der Waals surface area contributed by atoms with Gasteiger partial charge in [-0.3, -0.25) is 0 Å². The van der Waals surface area contributed by atoms with E-state index >= 15 is 0 Å². The topological polar surface area (TPSA) is 12.5 Å². The van der Waals surface area contributed by atoms with Crippen LogP contribution < -0.4 is 4.90 Å². The summed E-state index contributed by atoms with van der Waals surface area (Å²) in [5.41, 5.74) is 1.58. The van der Waals surface area contributed by atoms with Crippen LogP contribution in [0.25, 0.3) is 0 Å². The number of para-hydroxylation sites is 1. The number of ether oxygens (including phenoxy) is 1. The van der Waals surface area contributed by atoms with E-state index in [1.54, 1.807) is 12.1 Å². The van der Waals surface area contributed by atoms with Crippen molar-refractivity contribution in [1.82, 2.24) is 0 Å². The molecule has 94 valence electrons. The van der Waals surface area contributed by atoms with Crippen LogP contribution >= 0.6 is 0 Å². The molecule has 1 unspecified atom stereocenters. The minimum atomic E-state index is -4.38. The molecule has 0 radical (unpaired) electrons. The number of hydrogen-bond acceptors (Lipinski definition) is 2. The van der Waals surface area contributed by atoms with Crippen LogP contribution in [-0.4, -0.2) is 26.1 Å². The number of aryl methyl sites for hydroxylation is 1. The molecule has 5 heteroatoms. The Balaban J connectivity index is 2.34. The maximum absolute atomic E-state index is 12.8. The Morgan fingerprint density at radius 3 is 2.65 bits per heavy atom. The Hall–Kier alpha value is -1.23. The van der Waals surface area contributed by atoms with Crippen LogP contribution in [-0.2, 0) is 11.2 Å². The SMILES string of the molecule is COC(N1CCCc2ccccc21)C(F)(F)F. The van der Waals surface area contributed by atoms with E-state index in [9.17, 15) is 13.2 Å². The fourth-order valence-electron chi connectivity index (χ4n) is 2.24. The molecule has 1 aliphatic rings. The smallest absolute Gasteiger partial charge is 0.353 e. The number of alkyl halides is 3. The lowest BCUT2D eigenvalue weighted by atomic mass is 10.0. The lowest BCUT2D eigenvalue weighted by molar-refractivity contribution is -0.212. The van der Waals surface area contributed by atoms with Gasteiger partial charge in [-0.15, -0.1) is 0 Å². The number of fused-ring (bicyclic) bond motifs is 1. The second-order valence-corrected chi connectivity index (χ2v) is 4.06. The van der Waals surface area contributed by atoms with E-state index < -0.39 is 12.4 Å². The van der Waals surface area contributed by atoms with Crippen LogP contribution in [0.15, 0.2) is 24.3 Å². The molecule has 17 heavy (non-hydrogen) atoms. The van der Waals surface area contributed by atoms with E-state index in [4.69, 9.17) is 0 Å². The molecule has 0 N–H and O–H groups in total. The first-order chi connectivity index (χ1) is 8.04. The van der Waals surface area contributed by atoms with Gasteiger partial charge >= 0.3 is 6.18 Å². The van der Waals surface area contributed by atoms with Crippen molar-refractivity contribution in [3.05, 3.63) is 29.8 Å². The number of methoxy groups -OCH3 is 1.